The molecule has 0 spiro atoms. The molecule has 0 atom stereocenters. The number of rotatable bonds is 3. The van der Waals surface area contributed by atoms with Gasteiger partial charge in [-0.3, -0.25) is 0 Å². The van der Waals surface area contributed by atoms with Crippen LogP contribution in [0.3, 0.4) is 0 Å². The highest BCUT2D eigenvalue weighted by molar-refractivity contribution is 4.88. The lowest BCUT2D eigenvalue weighted by Crippen LogP contribution is -2.45. The van der Waals surface area contributed by atoms with Crippen LogP contribution in [0, 0.1) is 0 Å². The molecule has 1 aliphatic heterocycles. The Morgan fingerprint density at radius 3 is 2.21 bits per heavy atom. The standard InChI is InChI=1S/C12H23NO/c1-14-12(7-3-2-4-8-12)11-13-9-5-6-10-13/h2-11H2,1H3. The lowest BCUT2D eigenvalue weighted by Gasteiger charge is -2.38. The molecule has 2 fully saturated rings. The molecule has 0 aromatic carbocycles. The fraction of sp³-hybridized carbons (Fsp3) is 1.00. The fourth-order valence-corrected chi connectivity index (χ4v) is 2.97. The van der Waals surface area contributed by atoms with Crippen molar-refractivity contribution >= 4 is 0 Å². The van der Waals surface area contributed by atoms with Crippen LogP contribution in [0.1, 0.15) is 44.9 Å². The van der Waals surface area contributed by atoms with Gasteiger partial charge in [-0.1, -0.05) is 19.3 Å². The van der Waals surface area contributed by atoms with Gasteiger partial charge in [-0.2, -0.15) is 0 Å². The van der Waals surface area contributed by atoms with E-state index < -0.39 is 0 Å². The Balaban J connectivity index is 1.89. The van der Waals surface area contributed by atoms with Crippen LogP contribution in [-0.2, 0) is 4.74 Å². The van der Waals surface area contributed by atoms with E-state index in [1.165, 1.54) is 64.6 Å². The summed E-state index contributed by atoms with van der Waals surface area (Å²) in [6.45, 7) is 3.78. The number of nitrogens with zero attached hydrogens (tertiary/aromatic N) is 1. The van der Waals surface area contributed by atoms with E-state index in [1.54, 1.807) is 0 Å². The minimum atomic E-state index is 0.211. The molecule has 0 aromatic heterocycles. The first-order valence-electron chi connectivity index (χ1n) is 6.12. The lowest BCUT2D eigenvalue weighted by molar-refractivity contribution is -0.0582. The summed E-state index contributed by atoms with van der Waals surface area (Å²) in [7, 11) is 1.90. The fourth-order valence-electron chi connectivity index (χ4n) is 2.97. The van der Waals surface area contributed by atoms with Crippen molar-refractivity contribution < 1.29 is 4.74 Å². The summed E-state index contributed by atoms with van der Waals surface area (Å²) in [5.41, 5.74) is 0.211. The van der Waals surface area contributed by atoms with E-state index in [1.807, 2.05) is 7.11 Å². The van der Waals surface area contributed by atoms with Gasteiger partial charge in [-0.25, -0.2) is 0 Å². The third-order valence-electron chi connectivity index (χ3n) is 3.91. The summed E-state index contributed by atoms with van der Waals surface area (Å²) in [6, 6.07) is 0. The molecule has 0 aromatic rings. The number of likely N-dealkylation sites (tertiary alicyclic amines) is 1. The topological polar surface area (TPSA) is 12.5 Å². The smallest absolute Gasteiger partial charge is 0.0805 e. The second-order valence-corrected chi connectivity index (χ2v) is 4.93. The third kappa shape index (κ3) is 2.29. The quantitative estimate of drug-likeness (QED) is 0.689. The highest BCUT2D eigenvalue weighted by atomic mass is 16.5. The summed E-state index contributed by atoms with van der Waals surface area (Å²) in [6.07, 6.45) is 9.47. The number of methoxy groups -OCH3 is 1. The normalized spacial score (nSPS) is 28.1. The predicted molar refractivity (Wildman–Crippen MR) is 58.5 cm³/mol. The van der Waals surface area contributed by atoms with E-state index in [9.17, 15) is 0 Å². The molecule has 0 amide bonds. The molecule has 2 rings (SSSR count). The summed E-state index contributed by atoms with van der Waals surface area (Å²) >= 11 is 0. The monoisotopic (exact) mass is 197 g/mol. The molecule has 1 heterocycles. The maximum absolute atomic E-state index is 5.80. The molecule has 2 nitrogen and oxygen atoms in total. The zero-order valence-electron chi connectivity index (χ0n) is 9.43. The molecule has 0 unspecified atom stereocenters. The third-order valence-corrected chi connectivity index (χ3v) is 3.91. The number of hydrogen-bond acceptors (Lipinski definition) is 2. The van der Waals surface area contributed by atoms with Crippen molar-refractivity contribution in [2.24, 2.45) is 0 Å². The Bertz CT molecular complexity index is 169. The molecule has 1 saturated heterocycles. The molecule has 14 heavy (non-hydrogen) atoms. The van der Waals surface area contributed by atoms with Crippen molar-refractivity contribution in [1.29, 1.82) is 0 Å². The molecule has 0 bridgehead atoms. The van der Waals surface area contributed by atoms with Crippen molar-refractivity contribution in [3.63, 3.8) is 0 Å². The highest BCUT2D eigenvalue weighted by Crippen LogP contribution is 2.32. The molecular formula is C12H23NO. The lowest BCUT2D eigenvalue weighted by atomic mass is 9.84. The maximum Gasteiger partial charge on any atom is 0.0805 e. The van der Waals surface area contributed by atoms with Gasteiger partial charge in [0, 0.05) is 13.7 Å². The van der Waals surface area contributed by atoms with Crippen molar-refractivity contribution in [2.75, 3.05) is 26.7 Å². The molecule has 0 N–H and O–H groups in total. The van der Waals surface area contributed by atoms with E-state index in [2.05, 4.69) is 4.90 Å². The van der Waals surface area contributed by atoms with Crippen LogP contribution in [0.15, 0.2) is 0 Å². The van der Waals surface area contributed by atoms with Crippen molar-refractivity contribution in [2.45, 2.75) is 50.5 Å². The van der Waals surface area contributed by atoms with E-state index in [0.717, 1.165) is 0 Å². The first-order chi connectivity index (χ1) is 6.85. The minimum Gasteiger partial charge on any atom is -0.377 e. The Morgan fingerprint density at radius 2 is 1.64 bits per heavy atom. The predicted octanol–water partition coefficient (Wildman–Crippen LogP) is 2.43. The zero-order chi connectivity index (χ0) is 9.86. The highest BCUT2D eigenvalue weighted by Gasteiger charge is 2.34. The van der Waals surface area contributed by atoms with Gasteiger partial charge in [0.25, 0.3) is 0 Å². The van der Waals surface area contributed by atoms with Crippen LogP contribution < -0.4 is 0 Å². The van der Waals surface area contributed by atoms with Gasteiger partial charge < -0.3 is 9.64 Å². The maximum atomic E-state index is 5.80. The number of hydrogen-bond donors (Lipinski definition) is 0. The Kier molecular flexibility index (Phi) is 3.45. The SMILES string of the molecule is COC1(CN2CCCC2)CCCCC1. The van der Waals surface area contributed by atoms with Gasteiger partial charge in [-0.05, 0) is 38.8 Å². The van der Waals surface area contributed by atoms with E-state index >= 15 is 0 Å². The average molecular weight is 197 g/mol. The van der Waals surface area contributed by atoms with Crippen LogP contribution in [-0.4, -0.2) is 37.2 Å². The van der Waals surface area contributed by atoms with Crippen molar-refractivity contribution in [1.82, 2.24) is 4.90 Å². The first kappa shape index (κ1) is 10.4. The van der Waals surface area contributed by atoms with Crippen molar-refractivity contribution in [3.8, 4) is 0 Å². The second kappa shape index (κ2) is 4.63. The summed E-state index contributed by atoms with van der Waals surface area (Å²) < 4.78 is 5.80. The Morgan fingerprint density at radius 1 is 1.00 bits per heavy atom. The van der Waals surface area contributed by atoms with Gasteiger partial charge in [0.05, 0.1) is 5.60 Å². The average Bonchev–Trinajstić information content (AvgIpc) is 2.72. The summed E-state index contributed by atoms with van der Waals surface area (Å²) in [4.78, 5) is 2.59. The van der Waals surface area contributed by atoms with Gasteiger partial charge in [-0.15, -0.1) is 0 Å². The van der Waals surface area contributed by atoms with Crippen LogP contribution in [0.4, 0.5) is 0 Å². The van der Waals surface area contributed by atoms with Gasteiger partial charge in [0.15, 0.2) is 0 Å². The van der Waals surface area contributed by atoms with Crippen LogP contribution >= 0.6 is 0 Å². The molecule has 2 heteroatoms. The van der Waals surface area contributed by atoms with Gasteiger partial charge >= 0.3 is 0 Å². The summed E-state index contributed by atoms with van der Waals surface area (Å²) in [5, 5.41) is 0. The molecular weight excluding hydrogens is 174 g/mol. The van der Waals surface area contributed by atoms with E-state index in [0.29, 0.717) is 0 Å². The van der Waals surface area contributed by atoms with E-state index in [-0.39, 0.29) is 5.60 Å². The number of ether oxygens (including phenoxy) is 1. The van der Waals surface area contributed by atoms with Crippen LogP contribution in [0.5, 0.6) is 0 Å². The molecule has 2 aliphatic rings. The molecule has 1 saturated carbocycles. The van der Waals surface area contributed by atoms with Crippen LogP contribution in [0.25, 0.3) is 0 Å². The first-order valence-corrected chi connectivity index (χ1v) is 6.12. The van der Waals surface area contributed by atoms with Crippen molar-refractivity contribution in [3.05, 3.63) is 0 Å². The molecule has 82 valence electrons. The Hall–Kier alpha value is -0.0800. The minimum absolute atomic E-state index is 0.211. The van der Waals surface area contributed by atoms with E-state index in [4.69, 9.17) is 4.74 Å². The molecule has 0 radical (unpaired) electrons. The van der Waals surface area contributed by atoms with Crippen LogP contribution in [0.2, 0.25) is 0 Å². The Labute approximate surface area is 87.6 Å². The van der Waals surface area contributed by atoms with Gasteiger partial charge in [0.1, 0.15) is 0 Å². The van der Waals surface area contributed by atoms with Gasteiger partial charge in [0.2, 0.25) is 0 Å². The largest absolute Gasteiger partial charge is 0.377 e. The molecule has 1 aliphatic carbocycles. The zero-order valence-corrected chi connectivity index (χ0v) is 9.43. The second-order valence-electron chi connectivity index (χ2n) is 4.93. The summed E-state index contributed by atoms with van der Waals surface area (Å²) in [5.74, 6) is 0.